The van der Waals surface area contributed by atoms with Crippen molar-refractivity contribution >= 4 is 24.7 Å². The molecule has 0 heterocycles. The summed E-state index contributed by atoms with van der Waals surface area (Å²) in [5, 5.41) is 6.33. The van der Waals surface area contributed by atoms with Crippen molar-refractivity contribution in [1.82, 2.24) is 0 Å². The second-order valence-corrected chi connectivity index (χ2v) is 8.65. The fourth-order valence-electron chi connectivity index (χ4n) is 2.16. The van der Waals surface area contributed by atoms with Crippen molar-refractivity contribution in [2.45, 2.75) is 56.4 Å². The van der Waals surface area contributed by atoms with Crippen LogP contribution >= 0.6 is 0 Å². The first kappa shape index (κ1) is 16.4. The summed E-state index contributed by atoms with van der Waals surface area (Å²) >= 11 is 0. The predicted molar refractivity (Wildman–Crippen MR) is 84.2 cm³/mol. The third-order valence-electron chi connectivity index (χ3n) is 3.30. The average Bonchev–Trinajstić information content (AvgIpc) is 2.37. The second kappa shape index (κ2) is 8.50. The standard InChI is InChI=1S/C14H25NO2SSi/c1-2-3-4-5-6-7-11-19-14-10-8-9-13(12-14)18(15,16)17/h8-10,12H,2-7,11,19H2,1H3,(H2,15,16,17). The zero-order valence-electron chi connectivity index (χ0n) is 11.8. The molecule has 0 saturated carbocycles. The number of hydrogen-bond acceptors (Lipinski definition) is 2. The highest BCUT2D eigenvalue weighted by Crippen LogP contribution is 2.07. The first-order valence-electron chi connectivity index (χ1n) is 7.16. The molecule has 0 aliphatic rings. The van der Waals surface area contributed by atoms with Gasteiger partial charge in [0.05, 0.1) is 14.4 Å². The molecule has 1 rings (SSSR count). The van der Waals surface area contributed by atoms with E-state index in [1.54, 1.807) is 18.2 Å². The number of nitrogens with two attached hydrogens (primary N) is 1. The monoisotopic (exact) mass is 299 g/mol. The number of unbranched alkanes of at least 4 members (excludes halogenated alkanes) is 5. The molecule has 1 aromatic carbocycles. The zero-order valence-corrected chi connectivity index (χ0v) is 14.0. The van der Waals surface area contributed by atoms with E-state index in [4.69, 9.17) is 5.14 Å². The van der Waals surface area contributed by atoms with Crippen molar-refractivity contribution in [3.05, 3.63) is 24.3 Å². The number of benzene rings is 1. The average molecular weight is 300 g/mol. The minimum Gasteiger partial charge on any atom is -0.225 e. The van der Waals surface area contributed by atoms with Crippen LogP contribution < -0.4 is 10.3 Å². The van der Waals surface area contributed by atoms with Gasteiger partial charge in [0.1, 0.15) is 0 Å². The summed E-state index contributed by atoms with van der Waals surface area (Å²) in [6.45, 7) is 2.23. The van der Waals surface area contributed by atoms with Gasteiger partial charge in [-0.3, -0.25) is 0 Å². The van der Waals surface area contributed by atoms with Crippen LogP contribution in [-0.4, -0.2) is 17.9 Å². The Bertz CT molecular complexity index is 474. The Balaban J connectivity index is 2.30. The van der Waals surface area contributed by atoms with Crippen molar-refractivity contribution in [1.29, 1.82) is 0 Å². The van der Waals surface area contributed by atoms with Gasteiger partial charge in [0, 0.05) is 0 Å². The van der Waals surface area contributed by atoms with Crippen molar-refractivity contribution in [3.8, 4) is 0 Å². The first-order valence-corrected chi connectivity index (χ1v) is 10.4. The van der Waals surface area contributed by atoms with Crippen LogP contribution in [0.2, 0.25) is 6.04 Å². The SMILES string of the molecule is CCCCCCCC[SiH2]c1cccc(S(N)(=O)=O)c1. The normalized spacial score (nSPS) is 12.3. The summed E-state index contributed by atoms with van der Waals surface area (Å²) in [6.07, 6.45) is 7.89. The smallest absolute Gasteiger partial charge is 0.225 e. The van der Waals surface area contributed by atoms with Gasteiger partial charge >= 0.3 is 0 Å². The molecule has 0 saturated heterocycles. The van der Waals surface area contributed by atoms with Crippen LogP contribution in [0.1, 0.15) is 45.4 Å². The minimum atomic E-state index is -3.55. The molecule has 0 atom stereocenters. The minimum absolute atomic E-state index is 0.250. The Hall–Kier alpha value is -0.653. The summed E-state index contributed by atoms with van der Waals surface area (Å²) in [7, 11) is -3.90. The number of primary sulfonamides is 1. The molecule has 1 aromatic rings. The Morgan fingerprint density at radius 1 is 1.11 bits per heavy atom. The van der Waals surface area contributed by atoms with E-state index >= 15 is 0 Å². The Morgan fingerprint density at radius 2 is 1.79 bits per heavy atom. The molecule has 19 heavy (non-hydrogen) atoms. The number of sulfonamides is 1. The highest BCUT2D eigenvalue weighted by molar-refractivity contribution is 7.89. The molecule has 3 nitrogen and oxygen atoms in total. The van der Waals surface area contributed by atoms with E-state index in [1.807, 2.05) is 6.07 Å². The third kappa shape index (κ3) is 6.89. The van der Waals surface area contributed by atoms with Crippen LogP contribution in [0.3, 0.4) is 0 Å². The van der Waals surface area contributed by atoms with E-state index < -0.39 is 10.0 Å². The molecular weight excluding hydrogens is 274 g/mol. The van der Waals surface area contributed by atoms with Gasteiger partial charge in [0.15, 0.2) is 0 Å². The highest BCUT2D eigenvalue weighted by Gasteiger charge is 2.07. The van der Waals surface area contributed by atoms with Crippen LogP contribution in [0.4, 0.5) is 0 Å². The first-order chi connectivity index (χ1) is 9.04. The molecular formula is C14H25NO2SSi. The Morgan fingerprint density at radius 3 is 2.47 bits per heavy atom. The molecule has 0 fully saturated rings. The van der Waals surface area contributed by atoms with Crippen LogP contribution in [0, 0.1) is 0 Å². The van der Waals surface area contributed by atoms with E-state index in [0.29, 0.717) is 0 Å². The van der Waals surface area contributed by atoms with Crippen molar-refractivity contribution in [3.63, 3.8) is 0 Å². The number of hydrogen-bond donors (Lipinski definition) is 1. The maximum absolute atomic E-state index is 11.3. The van der Waals surface area contributed by atoms with Gasteiger partial charge in [0.2, 0.25) is 10.0 Å². The van der Waals surface area contributed by atoms with Crippen LogP contribution in [0.25, 0.3) is 0 Å². The molecule has 108 valence electrons. The Labute approximate surface area is 119 Å². The molecule has 0 aliphatic heterocycles. The number of rotatable bonds is 9. The topological polar surface area (TPSA) is 60.2 Å². The van der Waals surface area contributed by atoms with Crippen molar-refractivity contribution in [2.24, 2.45) is 5.14 Å². The molecule has 0 aliphatic carbocycles. The van der Waals surface area contributed by atoms with Gasteiger partial charge in [-0.1, -0.05) is 68.8 Å². The third-order valence-corrected chi connectivity index (χ3v) is 6.08. The van der Waals surface area contributed by atoms with Gasteiger partial charge in [-0.25, -0.2) is 13.6 Å². The lowest BCUT2D eigenvalue weighted by Crippen LogP contribution is -2.18. The summed E-state index contributed by atoms with van der Waals surface area (Å²) < 4.78 is 22.5. The summed E-state index contributed by atoms with van der Waals surface area (Å²) in [6, 6.07) is 8.39. The molecule has 0 amide bonds. The fourth-order valence-corrected chi connectivity index (χ4v) is 4.57. The molecule has 0 unspecified atom stereocenters. The molecule has 0 radical (unpaired) electrons. The molecule has 0 bridgehead atoms. The van der Waals surface area contributed by atoms with Crippen molar-refractivity contribution < 1.29 is 8.42 Å². The largest absolute Gasteiger partial charge is 0.238 e. The van der Waals surface area contributed by atoms with Gasteiger partial charge < -0.3 is 0 Å². The zero-order chi connectivity index (χ0) is 14.1. The Kier molecular flexibility index (Phi) is 7.34. The quantitative estimate of drug-likeness (QED) is 0.559. The van der Waals surface area contributed by atoms with Gasteiger partial charge in [-0.15, -0.1) is 0 Å². The van der Waals surface area contributed by atoms with Crippen LogP contribution in [0.15, 0.2) is 29.2 Å². The summed E-state index contributed by atoms with van der Waals surface area (Å²) in [5.41, 5.74) is 0. The van der Waals surface area contributed by atoms with E-state index in [2.05, 4.69) is 6.92 Å². The highest BCUT2D eigenvalue weighted by atomic mass is 32.2. The maximum atomic E-state index is 11.3. The summed E-state index contributed by atoms with van der Waals surface area (Å²) in [5.74, 6) is 0. The van der Waals surface area contributed by atoms with E-state index in [-0.39, 0.29) is 14.4 Å². The molecule has 2 N–H and O–H groups in total. The van der Waals surface area contributed by atoms with E-state index in [1.165, 1.54) is 49.8 Å². The van der Waals surface area contributed by atoms with Gasteiger partial charge in [-0.05, 0) is 12.1 Å². The molecule has 0 aromatic heterocycles. The maximum Gasteiger partial charge on any atom is 0.238 e. The van der Waals surface area contributed by atoms with Crippen LogP contribution in [0.5, 0.6) is 0 Å². The van der Waals surface area contributed by atoms with Crippen molar-refractivity contribution in [2.75, 3.05) is 0 Å². The lowest BCUT2D eigenvalue weighted by atomic mass is 10.1. The molecule has 0 spiro atoms. The second-order valence-electron chi connectivity index (χ2n) is 5.06. The predicted octanol–water partition coefficient (Wildman–Crippen LogP) is 1.91. The summed E-state index contributed by atoms with van der Waals surface area (Å²) in [4.78, 5) is 0.250. The van der Waals surface area contributed by atoms with Gasteiger partial charge in [-0.2, -0.15) is 0 Å². The lowest BCUT2D eigenvalue weighted by Gasteiger charge is -2.04. The molecule has 5 heteroatoms. The van der Waals surface area contributed by atoms with Gasteiger partial charge in [0.25, 0.3) is 0 Å². The lowest BCUT2D eigenvalue weighted by molar-refractivity contribution is 0.598. The van der Waals surface area contributed by atoms with E-state index in [9.17, 15) is 8.42 Å². The van der Waals surface area contributed by atoms with Crippen LogP contribution in [-0.2, 0) is 10.0 Å². The fraction of sp³-hybridized carbons (Fsp3) is 0.571. The van der Waals surface area contributed by atoms with E-state index in [0.717, 1.165) is 0 Å².